The van der Waals surface area contributed by atoms with Crippen LogP contribution in [-0.2, 0) is 14.3 Å². The molecule has 150 valence electrons. The van der Waals surface area contributed by atoms with Crippen molar-refractivity contribution in [2.75, 3.05) is 41.4 Å². The lowest BCUT2D eigenvalue weighted by molar-refractivity contribution is -0.384. The number of morpholine rings is 1. The van der Waals surface area contributed by atoms with Crippen LogP contribution < -0.4 is 15.1 Å². The van der Waals surface area contributed by atoms with E-state index in [2.05, 4.69) is 10.2 Å². The SMILES string of the molecule is O=C1CC(Nc2ccc(N3CCOCC3)cc2)C(=O)N1c1cccc([N+](=O)[O-])c1. The zero-order valence-electron chi connectivity index (χ0n) is 15.6. The maximum atomic E-state index is 12.8. The predicted octanol–water partition coefficient (Wildman–Crippen LogP) is 2.18. The van der Waals surface area contributed by atoms with Crippen molar-refractivity contribution in [3.63, 3.8) is 0 Å². The number of non-ortho nitro benzene ring substituents is 1. The number of rotatable bonds is 5. The molecule has 0 aromatic heterocycles. The van der Waals surface area contributed by atoms with Crippen LogP contribution in [0.2, 0.25) is 0 Å². The zero-order valence-corrected chi connectivity index (χ0v) is 15.6. The molecule has 9 heteroatoms. The molecule has 4 rings (SSSR count). The number of benzene rings is 2. The second-order valence-corrected chi connectivity index (χ2v) is 6.89. The standard InChI is InChI=1S/C20H20N4O5/c25-19-13-18(20(26)23(19)16-2-1-3-17(12-16)24(27)28)21-14-4-6-15(7-5-14)22-8-10-29-11-9-22/h1-7,12,18,21H,8-11,13H2. The van der Waals surface area contributed by atoms with Crippen LogP contribution in [0.4, 0.5) is 22.7 Å². The Morgan fingerprint density at radius 3 is 2.45 bits per heavy atom. The fraction of sp³-hybridized carbons (Fsp3) is 0.300. The van der Waals surface area contributed by atoms with Gasteiger partial charge in [0.15, 0.2) is 0 Å². The van der Waals surface area contributed by atoms with Crippen LogP contribution in [0.5, 0.6) is 0 Å². The molecule has 2 amide bonds. The first-order chi connectivity index (χ1) is 14.0. The van der Waals surface area contributed by atoms with E-state index in [4.69, 9.17) is 4.74 Å². The average molecular weight is 396 g/mol. The van der Waals surface area contributed by atoms with E-state index in [1.54, 1.807) is 0 Å². The first-order valence-corrected chi connectivity index (χ1v) is 9.33. The number of anilines is 3. The van der Waals surface area contributed by atoms with Gasteiger partial charge in [-0.3, -0.25) is 19.7 Å². The number of nitro benzene ring substituents is 1. The van der Waals surface area contributed by atoms with Gasteiger partial charge in [0.05, 0.1) is 30.2 Å². The maximum Gasteiger partial charge on any atom is 0.271 e. The Morgan fingerprint density at radius 1 is 1.03 bits per heavy atom. The van der Waals surface area contributed by atoms with Crippen molar-refractivity contribution in [3.05, 3.63) is 58.6 Å². The molecule has 29 heavy (non-hydrogen) atoms. The number of hydrogen-bond acceptors (Lipinski definition) is 7. The Morgan fingerprint density at radius 2 is 1.76 bits per heavy atom. The third-order valence-electron chi connectivity index (χ3n) is 5.03. The number of hydrogen-bond donors (Lipinski definition) is 1. The van der Waals surface area contributed by atoms with Crippen LogP contribution in [0, 0.1) is 10.1 Å². The number of carbonyl (C=O) groups is 2. The van der Waals surface area contributed by atoms with Crippen molar-refractivity contribution in [2.24, 2.45) is 0 Å². The fourth-order valence-electron chi connectivity index (χ4n) is 3.55. The lowest BCUT2D eigenvalue weighted by Gasteiger charge is -2.29. The van der Waals surface area contributed by atoms with E-state index in [-0.39, 0.29) is 17.8 Å². The van der Waals surface area contributed by atoms with Gasteiger partial charge in [-0.1, -0.05) is 6.07 Å². The van der Waals surface area contributed by atoms with E-state index >= 15 is 0 Å². The molecule has 0 aliphatic carbocycles. The lowest BCUT2D eigenvalue weighted by atomic mass is 10.2. The number of amides is 2. The van der Waals surface area contributed by atoms with Gasteiger partial charge in [-0.25, -0.2) is 4.90 Å². The monoisotopic (exact) mass is 396 g/mol. The van der Waals surface area contributed by atoms with E-state index in [0.717, 1.165) is 29.4 Å². The third kappa shape index (κ3) is 3.90. The highest BCUT2D eigenvalue weighted by Crippen LogP contribution is 2.28. The highest BCUT2D eigenvalue weighted by molar-refractivity contribution is 6.23. The van der Waals surface area contributed by atoms with Gasteiger partial charge in [-0.05, 0) is 30.3 Å². The largest absolute Gasteiger partial charge is 0.378 e. The van der Waals surface area contributed by atoms with Crippen LogP contribution in [-0.4, -0.2) is 49.1 Å². The Labute approximate surface area is 167 Å². The summed E-state index contributed by atoms with van der Waals surface area (Å²) in [5.74, 6) is -0.814. The Bertz CT molecular complexity index is 940. The van der Waals surface area contributed by atoms with Gasteiger partial charge in [0, 0.05) is 36.6 Å². The van der Waals surface area contributed by atoms with Crippen LogP contribution in [0.15, 0.2) is 48.5 Å². The van der Waals surface area contributed by atoms with Crippen LogP contribution in [0.3, 0.4) is 0 Å². The molecule has 2 fully saturated rings. The van der Waals surface area contributed by atoms with Crippen molar-refractivity contribution in [1.82, 2.24) is 0 Å². The molecular formula is C20H20N4O5. The summed E-state index contributed by atoms with van der Waals surface area (Å²) >= 11 is 0. The molecule has 0 bridgehead atoms. The average Bonchev–Trinajstić information content (AvgIpc) is 3.02. The first-order valence-electron chi connectivity index (χ1n) is 9.33. The molecule has 1 N–H and O–H groups in total. The van der Waals surface area contributed by atoms with Crippen molar-refractivity contribution >= 4 is 34.6 Å². The van der Waals surface area contributed by atoms with E-state index in [1.807, 2.05) is 24.3 Å². The normalized spacial score (nSPS) is 19.5. The smallest absolute Gasteiger partial charge is 0.271 e. The molecule has 0 spiro atoms. The van der Waals surface area contributed by atoms with Gasteiger partial charge in [0.25, 0.3) is 11.6 Å². The van der Waals surface area contributed by atoms with E-state index in [0.29, 0.717) is 13.2 Å². The highest BCUT2D eigenvalue weighted by atomic mass is 16.6. The summed E-state index contributed by atoms with van der Waals surface area (Å²) in [4.78, 5) is 38.8. The molecule has 2 saturated heterocycles. The molecular weight excluding hydrogens is 376 g/mol. The summed E-state index contributed by atoms with van der Waals surface area (Å²) in [6, 6.07) is 12.5. The van der Waals surface area contributed by atoms with E-state index in [9.17, 15) is 19.7 Å². The summed E-state index contributed by atoms with van der Waals surface area (Å²) < 4.78 is 5.36. The summed E-state index contributed by atoms with van der Waals surface area (Å²) in [5.41, 5.74) is 1.85. The van der Waals surface area contributed by atoms with Crippen molar-refractivity contribution in [2.45, 2.75) is 12.5 Å². The van der Waals surface area contributed by atoms with Gasteiger partial charge in [0.2, 0.25) is 5.91 Å². The number of carbonyl (C=O) groups excluding carboxylic acids is 2. The van der Waals surface area contributed by atoms with Gasteiger partial charge in [0.1, 0.15) is 6.04 Å². The molecule has 1 unspecified atom stereocenters. The maximum absolute atomic E-state index is 12.8. The van der Waals surface area contributed by atoms with Crippen molar-refractivity contribution in [3.8, 4) is 0 Å². The minimum absolute atomic E-state index is 0.00720. The lowest BCUT2D eigenvalue weighted by Crippen LogP contribution is -2.36. The second-order valence-electron chi connectivity index (χ2n) is 6.89. The Hall–Kier alpha value is -3.46. The van der Waals surface area contributed by atoms with E-state index in [1.165, 1.54) is 24.3 Å². The molecule has 0 saturated carbocycles. The van der Waals surface area contributed by atoms with E-state index < -0.39 is 22.8 Å². The van der Waals surface area contributed by atoms with Gasteiger partial charge < -0.3 is 15.0 Å². The summed E-state index contributed by atoms with van der Waals surface area (Å²) in [6.45, 7) is 3.07. The molecule has 2 aliphatic heterocycles. The van der Waals surface area contributed by atoms with Gasteiger partial charge in [-0.2, -0.15) is 0 Å². The topological polar surface area (TPSA) is 105 Å². The zero-order chi connectivity index (χ0) is 20.4. The van der Waals surface area contributed by atoms with Crippen LogP contribution in [0.1, 0.15) is 6.42 Å². The molecule has 0 radical (unpaired) electrons. The minimum atomic E-state index is -0.712. The predicted molar refractivity (Wildman–Crippen MR) is 107 cm³/mol. The molecule has 9 nitrogen and oxygen atoms in total. The van der Waals surface area contributed by atoms with Gasteiger partial charge in [-0.15, -0.1) is 0 Å². The Balaban J connectivity index is 1.46. The Kier molecular flexibility index (Phi) is 5.13. The molecule has 2 aliphatic rings. The summed E-state index contributed by atoms with van der Waals surface area (Å²) in [7, 11) is 0. The number of ether oxygens (including phenoxy) is 1. The summed E-state index contributed by atoms with van der Waals surface area (Å²) in [5, 5.41) is 14.1. The number of nitrogens with one attached hydrogen (secondary N) is 1. The number of imide groups is 1. The molecule has 2 heterocycles. The van der Waals surface area contributed by atoms with Gasteiger partial charge >= 0.3 is 0 Å². The van der Waals surface area contributed by atoms with Crippen molar-refractivity contribution < 1.29 is 19.2 Å². The number of nitro groups is 1. The molecule has 2 aromatic carbocycles. The third-order valence-corrected chi connectivity index (χ3v) is 5.03. The second kappa shape index (κ2) is 7.88. The molecule has 1 atom stereocenters. The molecule has 2 aromatic rings. The van der Waals surface area contributed by atoms with Crippen molar-refractivity contribution in [1.29, 1.82) is 0 Å². The van der Waals surface area contributed by atoms with Crippen LogP contribution in [0.25, 0.3) is 0 Å². The first kappa shape index (κ1) is 18.9. The minimum Gasteiger partial charge on any atom is -0.378 e. The highest BCUT2D eigenvalue weighted by Gasteiger charge is 2.40. The summed E-state index contributed by atoms with van der Waals surface area (Å²) in [6.07, 6.45) is -0.00720. The quantitative estimate of drug-likeness (QED) is 0.469. The number of nitrogens with zero attached hydrogens (tertiary/aromatic N) is 3. The fourth-order valence-corrected chi connectivity index (χ4v) is 3.55. The van der Waals surface area contributed by atoms with Crippen LogP contribution >= 0.6 is 0 Å².